The summed E-state index contributed by atoms with van der Waals surface area (Å²) in [6.07, 6.45) is 16.4. The average molecular weight is 268 g/mol. The van der Waals surface area contributed by atoms with E-state index in [1.165, 1.54) is 77.0 Å². The van der Waals surface area contributed by atoms with Crippen molar-refractivity contribution < 1.29 is 4.74 Å². The number of hydrogen-bond acceptors (Lipinski definition) is 1. The maximum Gasteiger partial charge on any atom is 0.0982 e. The molecule has 19 heavy (non-hydrogen) atoms. The number of unbranched alkanes of at least 4 members (excludes halogenated alkanes) is 8. The average Bonchev–Trinajstić information content (AvgIpc) is 2.37. The van der Waals surface area contributed by atoms with E-state index in [1.54, 1.807) is 0 Å². The van der Waals surface area contributed by atoms with Crippen LogP contribution in [0.15, 0.2) is 12.3 Å². The van der Waals surface area contributed by atoms with Crippen molar-refractivity contribution in [1.29, 1.82) is 0 Å². The molecule has 0 amide bonds. The molecule has 0 aliphatic heterocycles. The van der Waals surface area contributed by atoms with Crippen molar-refractivity contribution in [2.75, 3.05) is 0 Å². The molecule has 0 aromatic heterocycles. The standard InChI is InChI=1S/C18H36O/c1-5-7-9-11-13-15-18(19-17(3)4)16-14-12-10-8-6-2/h18H,3,5-16H2,1-2,4H3. The van der Waals surface area contributed by atoms with Gasteiger partial charge in [0.2, 0.25) is 0 Å². The van der Waals surface area contributed by atoms with Crippen LogP contribution in [0.5, 0.6) is 0 Å². The lowest BCUT2D eigenvalue weighted by molar-refractivity contribution is 0.0974. The Labute approximate surface area is 121 Å². The number of rotatable bonds is 14. The smallest absolute Gasteiger partial charge is 0.0982 e. The maximum atomic E-state index is 5.87. The molecular weight excluding hydrogens is 232 g/mol. The van der Waals surface area contributed by atoms with Crippen molar-refractivity contribution in [3.8, 4) is 0 Å². The van der Waals surface area contributed by atoms with E-state index in [0.29, 0.717) is 6.10 Å². The Morgan fingerprint density at radius 2 is 1.21 bits per heavy atom. The highest BCUT2D eigenvalue weighted by atomic mass is 16.5. The van der Waals surface area contributed by atoms with Gasteiger partial charge in [0.15, 0.2) is 0 Å². The summed E-state index contributed by atoms with van der Waals surface area (Å²) in [4.78, 5) is 0. The first-order chi connectivity index (χ1) is 9.20. The Hall–Kier alpha value is -0.460. The summed E-state index contributed by atoms with van der Waals surface area (Å²) in [6, 6.07) is 0. The first-order valence-electron chi connectivity index (χ1n) is 8.52. The van der Waals surface area contributed by atoms with Gasteiger partial charge < -0.3 is 4.74 Å². The molecule has 0 atom stereocenters. The minimum atomic E-state index is 0.417. The first-order valence-corrected chi connectivity index (χ1v) is 8.52. The summed E-state index contributed by atoms with van der Waals surface area (Å²) >= 11 is 0. The molecule has 0 unspecified atom stereocenters. The predicted octanol–water partition coefficient (Wildman–Crippen LogP) is 6.63. The third-order valence-electron chi connectivity index (χ3n) is 3.63. The second-order valence-electron chi connectivity index (χ2n) is 5.85. The number of ether oxygens (including phenoxy) is 1. The van der Waals surface area contributed by atoms with Crippen LogP contribution >= 0.6 is 0 Å². The molecule has 0 aliphatic rings. The van der Waals surface area contributed by atoms with Crippen molar-refractivity contribution in [2.45, 2.75) is 104 Å². The van der Waals surface area contributed by atoms with Gasteiger partial charge >= 0.3 is 0 Å². The van der Waals surface area contributed by atoms with Crippen LogP contribution in [0.25, 0.3) is 0 Å². The zero-order valence-corrected chi connectivity index (χ0v) is 13.7. The van der Waals surface area contributed by atoms with Gasteiger partial charge in [-0.05, 0) is 32.6 Å². The van der Waals surface area contributed by atoms with Crippen molar-refractivity contribution in [3.05, 3.63) is 12.3 Å². The summed E-state index contributed by atoms with van der Waals surface area (Å²) in [5.74, 6) is 0.882. The van der Waals surface area contributed by atoms with E-state index in [2.05, 4.69) is 20.4 Å². The van der Waals surface area contributed by atoms with Gasteiger partial charge in [-0.3, -0.25) is 0 Å². The highest BCUT2D eigenvalue weighted by Crippen LogP contribution is 2.17. The predicted molar refractivity (Wildman–Crippen MR) is 86.4 cm³/mol. The van der Waals surface area contributed by atoms with Gasteiger partial charge in [-0.1, -0.05) is 71.8 Å². The highest BCUT2D eigenvalue weighted by Gasteiger charge is 2.09. The molecule has 0 bridgehead atoms. The highest BCUT2D eigenvalue weighted by molar-refractivity contribution is 4.77. The molecule has 0 saturated heterocycles. The van der Waals surface area contributed by atoms with Crippen LogP contribution in [0.4, 0.5) is 0 Å². The van der Waals surface area contributed by atoms with Crippen LogP contribution in [0.1, 0.15) is 97.8 Å². The molecule has 0 fully saturated rings. The van der Waals surface area contributed by atoms with Gasteiger partial charge in [-0.15, -0.1) is 0 Å². The topological polar surface area (TPSA) is 9.23 Å². The fraction of sp³-hybridized carbons (Fsp3) is 0.889. The van der Waals surface area contributed by atoms with Crippen LogP contribution in [-0.4, -0.2) is 6.10 Å². The largest absolute Gasteiger partial charge is 0.496 e. The Kier molecular flexibility index (Phi) is 13.6. The van der Waals surface area contributed by atoms with Gasteiger partial charge in [0.1, 0.15) is 0 Å². The fourth-order valence-electron chi connectivity index (χ4n) is 2.50. The zero-order valence-electron chi connectivity index (χ0n) is 13.7. The normalized spacial score (nSPS) is 10.9. The molecule has 0 rings (SSSR count). The van der Waals surface area contributed by atoms with Crippen molar-refractivity contribution in [1.82, 2.24) is 0 Å². The molecule has 0 aromatic carbocycles. The lowest BCUT2D eigenvalue weighted by atomic mass is 10.0. The molecule has 1 heteroatoms. The molecular formula is C18H36O. The zero-order chi connectivity index (χ0) is 14.3. The minimum Gasteiger partial charge on any atom is -0.496 e. The van der Waals surface area contributed by atoms with Gasteiger partial charge in [-0.2, -0.15) is 0 Å². The Bertz CT molecular complexity index is 184. The van der Waals surface area contributed by atoms with Crippen LogP contribution < -0.4 is 0 Å². The van der Waals surface area contributed by atoms with Crippen LogP contribution in [0.2, 0.25) is 0 Å². The van der Waals surface area contributed by atoms with Crippen LogP contribution in [-0.2, 0) is 4.74 Å². The second-order valence-corrected chi connectivity index (χ2v) is 5.85. The van der Waals surface area contributed by atoms with Crippen molar-refractivity contribution in [3.63, 3.8) is 0 Å². The summed E-state index contributed by atoms with van der Waals surface area (Å²) < 4.78 is 5.87. The lowest BCUT2D eigenvalue weighted by Gasteiger charge is -2.19. The van der Waals surface area contributed by atoms with E-state index in [-0.39, 0.29) is 0 Å². The van der Waals surface area contributed by atoms with E-state index in [9.17, 15) is 0 Å². The molecule has 1 nitrogen and oxygen atoms in total. The maximum absolute atomic E-state index is 5.87. The monoisotopic (exact) mass is 268 g/mol. The molecule has 0 aliphatic carbocycles. The van der Waals surface area contributed by atoms with Gasteiger partial charge in [0.05, 0.1) is 11.9 Å². The van der Waals surface area contributed by atoms with Crippen molar-refractivity contribution in [2.24, 2.45) is 0 Å². The molecule has 0 radical (unpaired) electrons. The Balaban J connectivity index is 3.66. The van der Waals surface area contributed by atoms with E-state index >= 15 is 0 Å². The molecule has 0 aromatic rings. The third-order valence-corrected chi connectivity index (χ3v) is 3.63. The first kappa shape index (κ1) is 18.5. The molecule has 114 valence electrons. The lowest BCUT2D eigenvalue weighted by Crippen LogP contribution is -2.11. The number of hydrogen-bond donors (Lipinski definition) is 0. The van der Waals surface area contributed by atoms with Crippen LogP contribution in [0, 0.1) is 0 Å². The molecule has 0 saturated carbocycles. The minimum absolute atomic E-state index is 0.417. The van der Waals surface area contributed by atoms with Gasteiger partial charge in [0.25, 0.3) is 0 Å². The summed E-state index contributed by atoms with van der Waals surface area (Å²) in [5.41, 5.74) is 0. The fourth-order valence-corrected chi connectivity index (χ4v) is 2.50. The summed E-state index contributed by atoms with van der Waals surface area (Å²) in [7, 11) is 0. The van der Waals surface area contributed by atoms with Crippen LogP contribution in [0.3, 0.4) is 0 Å². The third kappa shape index (κ3) is 13.8. The molecule has 0 spiro atoms. The van der Waals surface area contributed by atoms with E-state index < -0.39 is 0 Å². The van der Waals surface area contributed by atoms with Gasteiger partial charge in [0, 0.05) is 0 Å². The molecule has 0 N–H and O–H groups in total. The summed E-state index contributed by atoms with van der Waals surface area (Å²) in [5, 5.41) is 0. The Morgan fingerprint density at radius 3 is 1.58 bits per heavy atom. The second kappa shape index (κ2) is 14.0. The van der Waals surface area contributed by atoms with Crippen molar-refractivity contribution >= 4 is 0 Å². The van der Waals surface area contributed by atoms with E-state index in [4.69, 9.17) is 4.74 Å². The number of allylic oxidation sites excluding steroid dienone is 1. The Morgan fingerprint density at radius 1 is 0.789 bits per heavy atom. The molecule has 0 heterocycles. The SMILES string of the molecule is C=C(C)OC(CCCCCCC)CCCCCCC. The summed E-state index contributed by atoms with van der Waals surface area (Å²) in [6.45, 7) is 10.4. The van der Waals surface area contributed by atoms with E-state index in [1.807, 2.05) is 6.92 Å². The van der Waals surface area contributed by atoms with Gasteiger partial charge in [-0.25, -0.2) is 0 Å². The quantitative estimate of drug-likeness (QED) is 0.254. The van der Waals surface area contributed by atoms with E-state index in [0.717, 1.165) is 5.76 Å².